The fourth-order valence-corrected chi connectivity index (χ4v) is 3.39. The largest absolute Gasteiger partial charge is 0.444 e. The number of oxazole rings is 1. The number of rotatable bonds is 8. The minimum absolute atomic E-state index is 0. The van der Waals surface area contributed by atoms with Crippen LogP contribution in [0.5, 0.6) is 0 Å². The highest BCUT2D eigenvalue weighted by Gasteiger charge is 2.14. The number of nitrogens with one attached hydrogen (secondary N) is 2. The summed E-state index contributed by atoms with van der Waals surface area (Å²) in [6.07, 6.45) is 5.48. The zero-order valence-corrected chi connectivity index (χ0v) is 19.9. The summed E-state index contributed by atoms with van der Waals surface area (Å²) in [4.78, 5) is 11.8. The summed E-state index contributed by atoms with van der Waals surface area (Å²) in [6.45, 7) is 10.3. The van der Waals surface area contributed by atoms with Gasteiger partial charge < -0.3 is 20.0 Å². The van der Waals surface area contributed by atoms with Gasteiger partial charge in [0.2, 0.25) is 5.89 Å². The number of aliphatic imine (C=N–C) groups is 1. The van der Waals surface area contributed by atoms with E-state index in [1.807, 2.05) is 30.3 Å². The molecule has 0 saturated carbocycles. The van der Waals surface area contributed by atoms with Crippen molar-refractivity contribution in [2.75, 3.05) is 32.7 Å². The topological polar surface area (TPSA) is 65.7 Å². The van der Waals surface area contributed by atoms with Gasteiger partial charge in [-0.2, -0.15) is 0 Å². The van der Waals surface area contributed by atoms with E-state index >= 15 is 0 Å². The van der Waals surface area contributed by atoms with Crippen LogP contribution in [0.3, 0.4) is 0 Å². The number of likely N-dealkylation sites (tertiary alicyclic amines) is 1. The van der Waals surface area contributed by atoms with Gasteiger partial charge in [-0.3, -0.25) is 0 Å². The lowest BCUT2D eigenvalue weighted by Gasteiger charge is -2.30. The van der Waals surface area contributed by atoms with Crippen molar-refractivity contribution in [3.05, 3.63) is 42.3 Å². The Morgan fingerprint density at radius 1 is 1.21 bits per heavy atom. The number of nitrogens with zero attached hydrogens (tertiary/aromatic N) is 3. The molecule has 29 heavy (non-hydrogen) atoms. The molecule has 160 valence electrons. The van der Waals surface area contributed by atoms with Gasteiger partial charge in [-0.15, -0.1) is 24.0 Å². The molecule has 3 rings (SSSR count). The molecule has 2 aromatic rings. The Labute approximate surface area is 191 Å². The van der Waals surface area contributed by atoms with Crippen molar-refractivity contribution in [3.63, 3.8) is 0 Å². The molecule has 7 heteroatoms. The number of aromatic nitrogens is 1. The molecule has 0 amide bonds. The number of benzene rings is 1. The van der Waals surface area contributed by atoms with E-state index in [1.54, 1.807) is 6.26 Å². The van der Waals surface area contributed by atoms with Crippen LogP contribution in [0.4, 0.5) is 0 Å². The standard InChI is InChI=1S/C22H33N5O.HI/c1-3-23-22(24-12-7-13-27-14-10-18(2)11-15-27)25-16-20-17-28-21(26-20)19-8-5-4-6-9-19;/h4-6,8-9,17-18H,3,7,10-16H2,1-2H3,(H2,23,24,25);1H. The van der Waals surface area contributed by atoms with Gasteiger partial charge in [-0.25, -0.2) is 9.98 Å². The minimum atomic E-state index is 0. The van der Waals surface area contributed by atoms with E-state index in [4.69, 9.17) is 4.42 Å². The maximum Gasteiger partial charge on any atom is 0.226 e. The van der Waals surface area contributed by atoms with Crippen molar-refractivity contribution in [2.45, 2.75) is 39.7 Å². The molecule has 2 heterocycles. The van der Waals surface area contributed by atoms with E-state index in [0.717, 1.165) is 49.2 Å². The van der Waals surface area contributed by atoms with Crippen LogP contribution < -0.4 is 10.6 Å². The zero-order valence-electron chi connectivity index (χ0n) is 17.6. The number of halogens is 1. The third-order valence-electron chi connectivity index (χ3n) is 5.14. The van der Waals surface area contributed by atoms with Gasteiger partial charge in [-0.05, 0) is 63.9 Å². The molecule has 6 nitrogen and oxygen atoms in total. The SMILES string of the molecule is CCNC(=NCc1coc(-c2ccccc2)n1)NCCCN1CCC(C)CC1.I. The van der Waals surface area contributed by atoms with Gasteiger partial charge in [0, 0.05) is 18.7 Å². The molecule has 0 spiro atoms. The average molecular weight is 511 g/mol. The van der Waals surface area contributed by atoms with E-state index in [1.165, 1.54) is 25.9 Å². The first-order chi connectivity index (χ1) is 13.7. The molecule has 1 aliphatic rings. The normalized spacial score (nSPS) is 15.7. The van der Waals surface area contributed by atoms with Crippen LogP contribution in [0.2, 0.25) is 0 Å². The highest BCUT2D eigenvalue weighted by Crippen LogP contribution is 2.18. The first-order valence-electron chi connectivity index (χ1n) is 10.5. The van der Waals surface area contributed by atoms with Crippen LogP contribution in [0.25, 0.3) is 11.5 Å². The van der Waals surface area contributed by atoms with Crippen molar-refractivity contribution in [3.8, 4) is 11.5 Å². The van der Waals surface area contributed by atoms with E-state index in [2.05, 4.69) is 39.4 Å². The Morgan fingerprint density at radius 3 is 2.69 bits per heavy atom. The molecule has 0 unspecified atom stereocenters. The van der Waals surface area contributed by atoms with E-state index in [-0.39, 0.29) is 24.0 Å². The van der Waals surface area contributed by atoms with Gasteiger partial charge in [0.05, 0.1) is 6.54 Å². The molecule has 1 saturated heterocycles. The van der Waals surface area contributed by atoms with Crippen LogP contribution in [0, 0.1) is 5.92 Å². The third-order valence-corrected chi connectivity index (χ3v) is 5.14. The van der Waals surface area contributed by atoms with Gasteiger partial charge in [0.25, 0.3) is 0 Å². The number of piperidine rings is 1. The Hall–Kier alpha value is -1.61. The van der Waals surface area contributed by atoms with Gasteiger partial charge in [-0.1, -0.05) is 25.1 Å². The molecule has 2 N–H and O–H groups in total. The van der Waals surface area contributed by atoms with Gasteiger partial charge >= 0.3 is 0 Å². The summed E-state index contributed by atoms with van der Waals surface area (Å²) in [7, 11) is 0. The highest BCUT2D eigenvalue weighted by atomic mass is 127. The number of hydrogen-bond donors (Lipinski definition) is 2. The molecule has 0 atom stereocenters. The van der Waals surface area contributed by atoms with Crippen LogP contribution >= 0.6 is 24.0 Å². The van der Waals surface area contributed by atoms with Gasteiger partial charge in [0.1, 0.15) is 12.0 Å². The zero-order chi connectivity index (χ0) is 19.6. The predicted molar refractivity (Wildman–Crippen MR) is 130 cm³/mol. The summed E-state index contributed by atoms with van der Waals surface area (Å²) in [6, 6.07) is 9.93. The molecule has 0 radical (unpaired) electrons. The molecular weight excluding hydrogens is 477 g/mol. The first kappa shape index (κ1) is 23.7. The molecule has 0 aliphatic carbocycles. The maximum absolute atomic E-state index is 5.59. The summed E-state index contributed by atoms with van der Waals surface area (Å²) >= 11 is 0. The fourth-order valence-electron chi connectivity index (χ4n) is 3.39. The average Bonchev–Trinajstić information content (AvgIpc) is 3.20. The van der Waals surface area contributed by atoms with Crippen LogP contribution in [-0.4, -0.2) is 48.6 Å². The predicted octanol–water partition coefficient (Wildman–Crippen LogP) is 4.14. The van der Waals surface area contributed by atoms with E-state index in [9.17, 15) is 0 Å². The highest BCUT2D eigenvalue weighted by molar-refractivity contribution is 14.0. The summed E-state index contributed by atoms with van der Waals surface area (Å²) in [5, 5.41) is 6.73. The monoisotopic (exact) mass is 511 g/mol. The number of guanidine groups is 1. The molecule has 1 aliphatic heterocycles. The van der Waals surface area contributed by atoms with E-state index in [0.29, 0.717) is 12.4 Å². The smallest absolute Gasteiger partial charge is 0.226 e. The minimum Gasteiger partial charge on any atom is -0.444 e. The van der Waals surface area contributed by atoms with Crippen molar-refractivity contribution >= 4 is 29.9 Å². The van der Waals surface area contributed by atoms with E-state index < -0.39 is 0 Å². The quantitative estimate of drug-likeness (QED) is 0.242. The molecule has 0 bridgehead atoms. The van der Waals surface area contributed by atoms with Gasteiger partial charge in [0.15, 0.2) is 5.96 Å². The lowest BCUT2D eigenvalue weighted by Crippen LogP contribution is -2.39. The third kappa shape index (κ3) is 7.97. The van der Waals surface area contributed by atoms with Crippen molar-refractivity contribution < 1.29 is 4.42 Å². The second-order valence-electron chi connectivity index (χ2n) is 7.51. The van der Waals surface area contributed by atoms with Crippen LogP contribution in [0.15, 0.2) is 46.0 Å². The first-order valence-corrected chi connectivity index (χ1v) is 10.5. The van der Waals surface area contributed by atoms with Crippen molar-refractivity contribution in [2.24, 2.45) is 10.9 Å². The lowest BCUT2D eigenvalue weighted by molar-refractivity contribution is 0.191. The Morgan fingerprint density at radius 2 is 1.97 bits per heavy atom. The van der Waals surface area contributed by atoms with Crippen LogP contribution in [-0.2, 0) is 6.54 Å². The maximum atomic E-state index is 5.59. The summed E-state index contributed by atoms with van der Waals surface area (Å²) in [5.41, 5.74) is 1.81. The van der Waals surface area contributed by atoms with Crippen molar-refractivity contribution in [1.82, 2.24) is 20.5 Å². The Kier molecular flexibility index (Phi) is 10.5. The Bertz CT molecular complexity index is 726. The molecule has 1 aromatic carbocycles. The second-order valence-corrected chi connectivity index (χ2v) is 7.51. The molecule has 1 fully saturated rings. The fraction of sp³-hybridized carbons (Fsp3) is 0.545. The summed E-state index contributed by atoms with van der Waals surface area (Å²) in [5.74, 6) is 2.36. The van der Waals surface area contributed by atoms with Crippen LogP contribution in [0.1, 0.15) is 38.8 Å². The Balaban J connectivity index is 0.00000300. The molecular formula is C22H34IN5O. The lowest BCUT2D eigenvalue weighted by atomic mass is 9.99. The number of hydrogen-bond acceptors (Lipinski definition) is 4. The molecule has 1 aromatic heterocycles. The second kappa shape index (κ2) is 12.8. The summed E-state index contributed by atoms with van der Waals surface area (Å²) < 4.78 is 5.59. The van der Waals surface area contributed by atoms with Crippen molar-refractivity contribution in [1.29, 1.82) is 0 Å².